The molecule has 1 aliphatic heterocycles. The lowest BCUT2D eigenvalue weighted by Gasteiger charge is -2.27. The predicted octanol–water partition coefficient (Wildman–Crippen LogP) is 5.25. The zero-order valence-electron chi connectivity index (χ0n) is 23.7. The number of ether oxygens (including phenoxy) is 3. The molecular formula is C31H35N5O6. The molecule has 42 heavy (non-hydrogen) atoms. The quantitative estimate of drug-likeness (QED) is 0.220. The van der Waals surface area contributed by atoms with Gasteiger partial charge in [0.15, 0.2) is 11.5 Å². The third-order valence-corrected chi connectivity index (χ3v) is 7.19. The van der Waals surface area contributed by atoms with Crippen molar-refractivity contribution in [3.05, 3.63) is 78.1 Å². The maximum atomic E-state index is 13.0. The van der Waals surface area contributed by atoms with Crippen molar-refractivity contribution in [2.75, 3.05) is 45.3 Å². The standard InChI is InChI=1S/C31H35N5O6/c1-3-40-16-17-41-27-20-26-24(11-15-36(26)31(38)32-2)18-28(27)42-25-8-12-33-29(19-25)34-30(37)23-6-4-21(5-7-23)22-9-13-35(39)14-10-22/h4-8,11-12,15,18-20,22,39H,3,9-10,13-14,16-17H2,1-2H3,(H,32,38)(H,33,34,37). The number of hydrogen-bond acceptors (Lipinski definition) is 8. The van der Waals surface area contributed by atoms with Crippen molar-refractivity contribution in [3.63, 3.8) is 0 Å². The first kappa shape index (κ1) is 29.1. The van der Waals surface area contributed by atoms with Gasteiger partial charge >= 0.3 is 6.03 Å². The van der Waals surface area contributed by atoms with Crippen molar-refractivity contribution in [1.82, 2.24) is 19.9 Å². The van der Waals surface area contributed by atoms with Gasteiger partial charge in [-0.05, 0) is 61.6 Å². The van der Waals surface area contributed by atoms with Gasteiger partial charge in [0.05, 0.1) is 12.1 Å². The highest BCUT2D eigenvalue weighted by Gasteiger charge is 2.20. The van der Waals surface area contributed by atoms with Crippen LogP contribution in [0.15, 0.2) is 67.0 Å². The first-order valence-electron chi connectivity index (χ1n) is 14.0. The van der Waals surface area contributed by atoms with Gasteiger partial charge in [-0.2, -0.15) is 5.06 Å². The smallest absolute Gasteiger partial charge is 0.325 e. The number of nitrogens with one attached hydrogen (secondary N) is 2. The van der Waals surface area contributed by atoms with Gasteiger partial charge in [-0.15, -0.1) is 0 Å². The summed E-state index contributed by atoms with van der Waals surface area (Å²) < 4.78 is 19.1. The highest BCUT2D eigenvalue weighted by Crippen LogP contribution is 2.37. The van der Waals surface area contributed by atoms with E-state index >= 15 is 0 Å². The van der Waals surface area contributed by atoms with Crippen LogP contribution in [0.4, 0.5) is 10.6 Å². The molecule has 11 nitrogen and oxygen atoms in total. The van der Waals surface area contributed by atoms with Crippen molar-refractivity contribution in [2.24, 2.45) is 0 Å². The van der Waals surface area contributed by atoms with Gasteiger partial charge in [0, 0.05) is 62.2 Å². The van der Waals surface area contributed by atoms with Gasteiger partial charge in [-0.25, -0.2) is 9.78 Å². The predicted molar refractivity (Wildman–Crippen MR) is 158 cm³/mol. The molecule has 3 heterocycles. The maximum Gasteiger partial charge on any atom is 0.325 e. The van der Waals surface area contributed by atoms with Gasteiger partial charge in [0.25, 0.3) is 5.91 Å². The highest BCUT2D eigenvalue weighted by molar-refractivity contribution is 6.03. The first-order chi connectivity index (χ1) is 20.4. The first-order valence-corrected chi connectivity index (χ1v) is 14.0. The zero-order chi connectivity index (χ0) is 29.5. The van der Waals surface area contributed by atoms with E-state index in [9.17, 15) is 14.8 Å². The van der Waals surface area contributed by atoms with E-state index in [4.69, 9.17) is 14.2 Å². The number of amides is 2. The number of hydroxylamine groups is 2. The number of piperidine rings is 1. The summed E-state index contributed by atoms with van der Waals surface area (Å²) in [5.74, 6) is 1.76. The normalized spacial score (nSPS) is 14.1. The average molecular weight is 574 g/mol. The molecule has 2 aromatic carbocycles. The second kappa shape index (κ2) is 13.5. The highest BCUT2D eigenvalue weighted by atomic mass is 16.5. The van der Waals surface area contributed by atoms with E-state index in [1.54, 1.807) is 43.7 Å². The minimum absolute atomic E-state index is 0.268. The van der Waals surface area contributed by atoms with Crippen LogP contribution >= 0.6 is 0 Å². The number of benzene rings is 2. The fourth-order valence-electron chi connectivity index (χ4n) is 4.95. The number of fused-ring (bicyclic) bond motifs is 1. The molecule has 2 amide bonds. The number of hydrogen-bond donors (Lipinski definition) is 3. The molecule has 1 fully saturated rings. The summed E-state index contributed by atoms with van der Waals surface area (Å²) in [5, 5.41) is 17.2. The summed E-state index contributed by atoms with van der Waals surface area (Å²) >= 11 is 0. The van der Waals surface area contributed by atoms with E-state index in [2.05, 4.69) is 15.6 Å². The molecule has 4 aromatic rings. The Morgan fingerprint density at radius 2 is 1.81 bits per heavy atom. The lowest BCUT2D eigenvalue weighted by Crippen LogP contribution is -2.29. The third-order valence-electron chi connectivity index (χ3n) is 7.19. The number of nitrogens with zero attached hydrogens (tertiary/aromatic N) is 3. The second-order valence-electron chi connectivity index (χ2n) is 9.93. The Hall–Kier alpha value is -4.45. The van der Waals surface area contributed by atoms with Crippen molar-refractivity contribution < 1.29 is 29.0 Å². The number of carbonyl (C=O) groups excluding carboxylic acids is 2. The van der Waals surface area contributed by atoms with Gasteiger partial charge in [-0.3, -0.25) is 9.36 Å². The van der Waals surface area contributed by atoms with E-state index in [1.807, 2.05) is 37.3 Å². The summed E-state index contributed by atoms with van der Waals surface area (Å²) in [7, 11) is 1.57. The molecular weight excluding hydrogens is 538 g/mol. The summed E-state index contributed by atoms with van der Waals surface area (Å²) in [6, 6.07) is 16.0. The SMILES string of the molecule is CCOCCOc1cc2c(ccn2C(=O)NC)cc1Oc1ccnc(NC(=O)c2ccc(C3CCN(O)CC3)cc2)c1. The maximum absolute atomic E-state index is 13.0. The second-order valence-corrected chi connectivity index (χ2v) is 9.93. The minimum atomic E-state index is -0.284. The minimum Gasteiger partial charge on any atom is -0.487 e. The number of carbonyl (C=O) groups is 2. The van der Waals surface area contributed by atoms with Crippen LogP contribution in [0.3, 0.4) is 0 Å². The van der Waals surface area contributed by atoms with Crippen LogP contribution in [0.5, 0.6) is 17.2 Å². The van der Waals surface area contributed by atoms with Crippen LogP contribution in [-0.4, -0.2) is 71.7 Å². The molecule has 0 radical (unpaired) electrons. The Bertz CT molecular complexity index is 1530. The average Bonchev–Trinajstić information content (AvgIpc) is 3.42. The summed E-state index contributed by atoms with van der Waals surface area (Å²) in [5.41, 5.74) is 2.35. The molecule has 0 aliphatic carbocycles. The Morgan fingerprint density at radius 3 is 2.55 bits per heavy atom. The van der Waals surface area contributed by atoms with Crippen LogP contribution in [0.2, 0.25) is 0 Å². The van der Waals surface area contributed by atoms with Crippen LogP contribution in [0, 0.1) is 0 Å². The lowest BCUT2D eigenvalue weighted by molar-refractivity contribution is -0.106. The molecule has 1 saturated heterocycles. The van der Waals surface area contributed by atoms with Crippen LogP contribution in [0.1, 0.15) is 41.6 Å². The molecule has 11 heteroatoms. The van der Waals surface area contributed by atoms with Crippen molar-refractivity contribution >= 4 is 28.7 Å². The molecule has 0 spiro atoms. The lowest BCUT2D eigenvalue weighted by atomic mass is 9.89. The summed E-state index contributed by atoms with van der Waals surface area (Å²) in [4.78, 5) is 29.6. The van der Waals surface area contributed by atoms with Gasteiger partial charge in [-0.1, -0.05) is 12.1 Å². The van der Waals surface area contributed by atoms with Crippen LogP contribution in [-0.2, 0) is 4.74 Å². The number of anilines is 1. The molecule has 0 atom stereocenters. The van der Waals surface area contributed by atoms with Gasteiger partial charge in [0.2, 0.25) is 0 Å². The molecule has 0 bridgehead atoms. The van der Waals surface area contributed by atoms with Crippen molar-refractivity contribution in [1.29, 1.82) is 0 Å². The molecule has 3 N–H and O–H groups in total. The molecule has 1 aliphatic rings. The zero-order valence-corrected chi connectivity index (χ0v) is 23.7. The van der Waals surface area contributed by atoms with Gasteiger partial charge in [0.1, 0.15) is 18.2 Å². The van der Waals surface area contributed by atoms with E-state index in [-0.39, 0.29) is 11.9 Å². The van der Waals surface area contributed by atoms with E-state index in [0.29, 0.717) is 73.0 Å². The van der Waals surface area contributed by atoms with Crippen molar-refractivity contribution in [2.45, 2.75) is 25.7 Å². The Labute approximate surface area is 244 Å². The molecule has 220 valence electrons. The fourth-order valence-corrected chi connectivity index (χ4v) is 4.95. The molecule has 5 rings (SSSR count). The number of aromatic nitrogens is 2. The molecule has 2 aromatic heterocycles. The van der Waals surface area contributed by atoms with Crippen LogP contribution in [0.25, 0.3) is 10.9 Å². The largest absolute Gasteiger partial charge is 0.487 e. The third kappa shape index (κ3) is 6.88. The van der Waals surface area contributed by atoms with Gasteiger partial charge < -0.3 is 30.1 Å². The van der Waals surface area contributed by atoms with E-state index in [0.717, 1.165) is 23.8 Å². The monoisotopic (exact) mass is 573 g/mol. The summed E-state index contributed by atoms with van der Waals surface area (Å²) in [6.07, 6.45) is 5.00. The Kier molecular flexibility index (Phi) is 9.32. The van der Waals surface area contributed by atoms with Crippen LogP contribution < -0.4 is 20.1 Å². The Morgan fingerprint density at radius 1 is 1.02 bits per heavy atom. The topological polar surface area (TPSA) is 127 Å². The Balaban J connectivity index is 1.31. The summed E-state index contributed by atoms with van der Waals surface area (Å²) in [6.45, 7) is 4.48. The van der Waals surface area contributed by atoms with E-state index < -0.39 is 0 Å². The van der Waals surface area contributed by atoms with Crippen molar-refractivity contribution in [3.8, 4) is 17.2 Å². The molecule has 0 unspecified atom stereocenters. The fraction of sp³-hybridized carbons (Fsp3) is 0.323. The number of pyridine rings is 1. The van der Waals surface area contributed by atoms with E-state index in [1.165, 1.54) is 9.63 Å². The number of rotatable bonds is 10. The molecule has 0 saturated carbocycles.